The Morgan fingerprint density at radius 3 is 2.45 bits per heavy atom. The molecule has 0 fully saturated rings. The van der Waals surface area contributed by atoms with E-state index in [4.69, 9.17) is 0 Å². The maximum Gasteiger partial charge on any atom is 0.116 e. The molecule has 3 heterocycles. The van der Waals surface area contributed by atoms with Crippen molar-refractivity contribution in [1.29, 1.82) is 0 Å². The van der Waals surface area contributed by atoms with Crippen molar-refractivity contribution >= 4 is 22.3 Å². The molecule has 6 heteroatoms. The van der Waals surface area contributed by atoms with Crippen LogP contribution in [0.25, 0.3) is 27.7 Å². The van der Waals surface area contributed by atoms with Gasteiger partial charge in [0.2, 0.25) is 0 Å². The van der Waals surface area contributed by atoms with Gasteiger partial charge in [0.05, 0.1) is 23.1 Å². The molecule has 3 aromatic heterocycles. The minimum atomic E-state index is 0.722. The van der Waals surface area contributed by atoms with Gasteiger partial charge in [0.15, 0.2) is 0 Å². The fraction of sp³-hybridized carbons (Fsp3) is 0.296. The summed E-state index contributed by atoms with van der Waals surface area (Å²) in [5.41, 5.74) is 6.50. The first-order chi connectivity index (χ1) is 16.0. The zero-order valence-corrected chi connectivity index (χ0v) is 20.1. The zero-order valence-electron chi connectivity index (χ0n) is 20.1. The summed E-state index contributed by atoms with van der Waals surface area (Å²) in [7, 11) is 2.17. The van der Waals surface area contributed by atoms with Crippen molar-refractivity contribution in [3.63, 3.8) is 0 Å². The van der Waals surface area contributed by atoms with E-state index in [-0.39, 0.29) is 0 Å². The minimum absolute atomic E-state index is 0.722. The first-order valence-electron chi connectivity index (χ1n) is 11.5. The summed E-state index contributed by atoms with van der Waals surface area (Å²) < 4.78 is 0. The second-order valence-electron chi connectivity index (χ2n) is 8.17. The van der Waals surface area contributed by atoms with Gasteiger partial charge in [-0.05, 0) is 75.8 Å². The van der Waals surface area contributed by atoms with Gasteiger partial charge in [-0.3, -0.25) is 15.1 Å². The van der Waals surface area contributed by atoms with E-state index < -0.39 is 0 Å². The van der Waals surface area contributed by atoms with Crippen LogP contribution in [0.4, 0.5) is 5.69 Å². The van der Waals surface area contributed by atoms with Gasteiger partial charge in [0, 0.05) is 29.0 Å². The van der Waals surface area contributed by atoms with E-state index in [9.17, 15) is 0 Å². The monoisotopic (exact) mass is 442 g/mol. The van der Waals surface area contributed by atoms with Crippen molar-refractivity contribution in [3.05, 3.63) is 79.0 Å². The summed E-state index contributed by atoms with van der Waals surface area (Å²) in [5.74, 6) is 0. The smallest absolute Gasteiger partial charge is 0.116 e. The Hall–Kier alpha value is -3.51. The van der Waals surface area contributed by atoms with Crippen LogP contribution in [-0.4, -0.2) is 45.2 Å². The molecule has 0 saturated heterocycles. The number of hydrogen-bond acceptors (Lipinski definition) is 5. The van der Waals surface area contributed by atoms with E-state index in [0.717, 1.165) is 44.8 Å². The highest BCUT2D eigenvalue weighted by atomic mass is 15.1. The molecule has 0 spiro atoms. The van der Waals surface area contributed by atoms with Gasteiger partial charge in [-0.2, -0.15) is 5.10 Å². The van der Waals surface area contributed by atoms with Crippen molar-refractivity contribution in [1.82, 2.24) is 25.1 Å². The third-order valence-corrected chi connectivity index (χ3v) is 5.26. The number of hydrogen-bond donors (Lipinski definition) is 2. The Morgan fingerprint density at radius 1 is 1.03 bits per heavy atom. The molecular formula is C27H34N6. The number of nitrogens with zero attached hydrogens (tertiary/aromatic N) is 4. The van der Waals surface area contributed by atoms with Crippen molar-refractivity contribution in [2.75, 3.05) is 25.5 Å². The fourth-order valence-corrected chi connectivity index (χ4v) is 3.61. The molecule has 0 saturated carbocycles. The van der Waals surface area contributed by atoms with Crippen molar-refractivity contribution < 1.29 is 0 Å². The van der Waals surface area contributed by atoms with Crippen LogP contribution in [0.5, 0.6) is 0 Å². The average Bonchev–Trinajstić information content (AvgIpc) is 3.25. The van der Waals surface area contributed by atoms with Crippen LogP contribution in [0.3, 0.4) is 0 Å². The molecule has 33 heavy (non-hydrogen) atoms. The lowest BCUT2D eigenvalue weighted by Crippen LogP contribution is -2.19. The summed E-state index contributed by atoms with van der Waals surface area (Å²) >= 11 is 0. The molecule has 2 N–H and O–H groups in total. The summed E-state index contributed by atoms with van der Waals surface area (Å²) in [6.07, 6.45) is 7.96. The number of H-pyrrole nitrogens is 1. The van der Waals surface area contributed by atoms with Gasteiger partial charge in [-0.1, -0.05) is 32.6 Å². The van der Waals surface area contributed by atoms with E-state index in [2.05, 4.69) is 70.0 Å². The largest absolute Gasteiger partial charge is 0.353 e. The highest BCUT2D eigenvalue weighted by Crippen LogP contribution is 2.28. The highest BCUT2D eigenvalue weighted by molar-refractivity contribution is 5.94. The Morgan fingerprint density at radius 2 is 1.82 bits per heavy atom. The van der Waals surface area contributed by atoms with Crippen LogP contribution in [0.1, 0.15) is 38.1 Å². The van der Waals surface area contributed by atoms with Gasteiger partial charge < -0.3 is 10.2 Å². The molecular weight excluding hydrogens is 408 g/mol. The quantitative estimate of drug-likeness (QED) is 0.342. The SMILES string of the molecule is C=C(Nc1ccc(C)nc1)c1n[nH]c2ccc(-c3cccnc3)cc12.CCCN(C)CCC. The van der Waals surface area contributed by atoms with Crippen LogP contribution in [-0.2, 0) is 0 Å². The molecule has 0 radical (unpaired) electrons. The summed E-state index contributed by atoms with van der Waals surface area (Å²) in [4.78, 5) is 10.8. The van der Waals surface area contributed by atoms with Crippen molar-refractivity contribution in [2.45, 2.75) is 33.6 Å². The lowest BCUT2D eigenvalue weighted by Gasteiger charge is -2.12. The summed E-state index contributed by atoms with van der Waals surface area (Å²) in [5, 5.41) is 11.8. The Kier molecular flexibility index (Phi) is 8.72. The molecule has 6 nitrogen and oxygen atoms in total. The molecule has 172 valence electrons. The lowest BCUT2D eigenvalue weighted by molar-refractivity contribution is 0.335. The predicted molar refractivity (Wildman–Crippen MR) is 139 cm³/mol. The second-order valence-corrected chi connectivity index (χ2v) is 8.17. The Labute approximate surface area is 196 Å². The third kappa shape index (κ3) is 6.73. The number of aromatic amines is 1. The number of anilines is 1. The van der Waals surface area contributed by atoms with E-state index in [0.29, 0.717) is 0 Å². The maximum atomic E-state index is 4.42. The number of nitrogens with one attached hydrogen (secondary N) is 2. The third-order valence-electron chi connectivity index (χ3n) is 5.26. The van der Waals surface area contributed by atoms with Gasteiger partial charge >= 0.3 is 0 Å². The van der Waals surface area contributed by atoms with Gasteiger partial charge in [0.25, 0.3) is 0 Å². The molecule has 4 rings (SSSR count). The first-order valence-corrected chi connectivity index (χ1v) is 11.5. The average molecular weight is 443 g/mol. The van der Waals surface area contributed by atoms with Crippen LogP contribution in [0.2, 0.25) is 0 Å². The lowest BCUT2D eigenvalue weighted by atomic mass is 10.0. The number of rotatable bonds is 8. The zero-order chi connectivity index (χ0) is 23.6. The van der Waals surface area contributed by atoms with Crippen LogP contribution >= 0.6 is 0 Å². The molecule has 0 atom stereocenters. The fourth-order valence-electron chi connectivity index (χ4n) is 3.61. The molecule has 0 aliphatic heterocycles. The summed E-state index contributed by atoms with van der Waals surface area (Å²) in [6.45, 7) is 13.0. The van der Waals surface area contributed by atoms with E-state index in [1.165, 1.54) is 25.9 Å². The predicted octanol–water partition coefficient (Wildman–Crippen LogP) is 6.15. The number of aryl methyl sites for hydroxylation is 1. The minimum Gasteiger partial charge on any atom is -0.353 e. The number of pyridine rings is 2. The molecule has 0 bridgehead atoms. The van der Waals surface area contributed by atoms with Crippen molar-refractivity contribution in [2.24, 2.45) is 0 Å². The van der Waals surface area contributed by atoms with E-state index in [1.54, 1.807) is 12.4 Å². The van der Waals surface area contributed by atoms with Gasteiger partial charge in [-0.25, -0.2) is 0 Å². The molecule has 4 aromatic rings. The standard InChI is InChI=1S/C20H17N5.C7H17N/c1-13-5-7-17(12-22-13)23-14(2)20-18-10-15(6-8-19(18)24-25-20)16-4-3-9-21-11-16;1-4-6-8(3)7-5-2/h3-12,23H,2H2,1H3,(H,24,25);4-7H2,1-3H3. The first kappa shape index (κ1) is 24.1. The van der Waals surface area contributed by atoms with Crippen LogP contribution in [0.15, 0.2) is 67.6 Å². The number of fused-ring (bicyclic) bond motifs is 1. The molecule has 1 aromatic carbocycles. The van der Waals surface area contributed by atoms with Crippen LogP contribution in [0, 0.1) is 6.92 Å². The van der Waals surface area contributed by atoms with Crippen LogP contribution < -0.4 is 5.32 Å². The number of benzene rings is 1. The normalized spacial score (nSPS) is 10.7. The molecule has 0 unspecified atom stereocenters. The second kappa shape index (κ2) is 11.9. The summed E-state index contributed by atoms with van der Waals surface area (Å²) in [6, 6.07) is 14.1. The highest BCUT2D eigenvalue weighted by Gasteiger charge is 2.11. The van der Waals surface area contributed by atoms with Gasteiger partial charge in [0.1, 0.15) is 5.69 Å². The topological polar surface area (TPSA) is 69.7 Å². The van der Waals surface area contributed by atoms with E-state index >= 15 is 0 Å². The van der Waals surface area contributed by atoms with Crippen molar-refractivity contribution in [3.8, 4) is 11.1 Å². The Balaban J connectivity index is 0.000000331. The van der Waals surface area contributed by atoms with Gasteiger partial charge in [-0.15, -0.1) is 0 Å². The molecule has 0 aliphatic carbocycles. The molecule has 0 amide bonds. The number of aromatic nitrogens is 4. The molecule has 0 aliphatic rings. The van der Waals surface area contributed by atoms with E-state index in [1.807, 2.05) is 43.5 Å². The Bertz CT molecular complexity index is 1140. The maximum absolute atomic E-state index is 4.42.